The van der Waals surface area contributed by atoms with Gasteiger partial charge in [0.1, 0.15) is 5.75 Å². The highest BCUT2D eigenvalue weighted by atomic mass is 79.9. The lowest BCUT2D eigenvalue weighted by atomic mass is 9.87. The van der Waals surface area contributed by atoms with Crippen molar-refractivity contribution in [3.63, 3.8) is 0 Å². The van der Waals surface area contributed by atoms with Crippen molar-refractivity contribution < 1.29 is 9.53 Å². The van der Waals surface area contributed by atoms with Gasteiger partial charge in [0.05, 0.1) is 12.7 Å². The zero-order valence-electron chi connectivity index (χ0n) is 12.5. The largest absolute Gasteiger partial charge is 0.497 e. The van der Waals surface area contributed by atoms with Crippen LogP contribution in [0.2, 0.25) is 0 Å². The Morgan fingerprint density at radius 2 is 1.95 bits per heavy atom. The Labute approximate surface area is 124 Å². The maximum Gasteiger partial charge on any atom is 0.255 e. The third kappa shape index (κ3) is 3.72. The predicted molar refractivity (Wildman–Crippen MR) is 81.7 cm³/mol. The highest BCUT2D eigenvalue weighted by Crippen LogP contribution is 2.28. The second-order valence-electron chi connectivity index (χ2n) is 5.80. The second kappa shape index (κ2) is 5.95. The Morgan fingerprint density at radius 1 is 1.37 bits per heavy atom. The molecule has 0 aliphatic carbocycles. The van der Waals surface area contributed by atoms with Crippen molar-refractivity contribution in [2.75, 3.05) is 14.2 Å². The number of amides is 1. The van der Waals surface area contributed by atoms with Gasteiger partial charge in [0.2, 0.25) is 0 Å². The molecule has 1 amide bonds. The molecule has 0 aliphatic rings. The lowest BCUT2D eigenvalue weighted by Crippen LogP contribution is -2.43. The summed E-state index contributed by atoms with van der Waals surface area (Å²) in [5, 5.41) is 0. The van der Waals surface area contributed by atoms with Crippen LogP contribution in [0.5, 0.6) is 5.75 Å². The Bertz CT molecular complexity index is 466. The number of ether oxygens (including phenoxy) is 1. The molecule has 0 saturated heterocycles. The molecule has 0 aliphatic heterocycles. The van der Waals surface area contributed by atoms with Crippen LogP contribution >= 0.6 is 15.9 Å². The third-order valence-corrected chi connectivity index (χ3v) is 4.25. The van der Waals surface area contributed by atoms with Crippen LogP contribution in [0, 0.1) is 5.41 Å². The highest BCUT2D eigenvalue weighted by molar-refractivity contribution is 9.10. The van der Waals surface area contributed by atoms with Crippen LogP contribution in [-0.4, -0.2) is 31.0 Å². The molecule has 1 aromatic rings. The second-order valence-corrected chi connectivity index (χ2v) is 6.66. The smallest absolute Gasteiger partial charge is 0.255 e. The summed E-state index contributed by atoms with van der Waals surface area (Å²) in [5.41, 5.74) is 0.661. The van der Waals surface area contributed by atoms with E-state index in [9.17, 15) is 4.79 Å². The molecule has 0 spiro atoms. The summed E-state index contributed by atoms with van der Waals surface area (Å²) in [7, 11) is 3.43. The number of benzene rings is 1. The Kier molecular flexibility index (Phi) is 5.02. The lowest BCUT2D eigenvalue weighted by Gasteiger charge is -2.35. The molecule has 1 rings (SSSR count). The summed E-state index contributed by atoms with van der Waals surface area (Å²) in [6.45, 7) is 8.44. The van der Waals surface area contributed by atoms with E-state index in [0.717, 1.165) is 4.47 Å². The minimum Gasteiger partial charge on any atom is -0.497 e. The first-order valence-corrected chi connectivity index (χ1v) is 7.08. The number of nitrogens with zero attached hydrogens (tertiary/aromatic N) is 1. The van der Waals surface area contributed by atoms with Crippen molar-refractivity contribution in [2.24, 2.45) is 5.41 Å². The standard InChI is InChI=1S/C15H22BrNO2/c1-10(15(2,3)4)17(5)14(18)12-9-11(19-6)7-8-13(12)16/h7-10H,1-6H3. The predicted octanol–water partition coefficient (Wildman–Crippen LogP) is 3.96. The van der Waals surface area contributed by atoms with Gasteiger partial charge in [-0.25, -0.2) is 0 Å². The molecule has 1 unspecified atom stereocenters. The van der Waals surface area contributed by atoms with Gasteiger partial charge < -0.3 is 9.64 Å². The van der Waals surface area contributed by atoms with Crippen molar-refractivity contribution >= 4 is 21.8 Å². The fraction of sp³-hybridized carbons (Fsp3) is 0.533. The minimum atomic E-state index is -0.00630. The van der Waals surface area contributed by atoms with Gasteiger partial charge in [0, 0.05) is 17.6 Å². The Morgan fingerprint density at radius 3 is 2.42 bits per heavy atom. The highest BCUT2D eigenvalue weighted by Gasteiger charge is 2.28. The molecule has 0 heterocycles. The van der Waals surface area contributed by atoms with Gasteiger partial charge in [-0.1, -0.05) is 20.8 Å². The summed E-state index contributed by atoms with van der Waals surface area (Å²) in [5.74, 6) is 0.677. The molecule has 0 saturated carbocycles. The lowest BCUT2D eigenvalue weighted by molar-refractivity contribution is 0.0628. The number of halogens is 1. The number of carbonyl (C=O) groups is 1. The SMILES string of the molecule is COc1ccc(Br)c(C(=O)N(C)C(C)C(C)(C)C)c1. The molecule has 0 aromatic heterocycles. The van der Waals surface area contributed by atoms with E-state index < -0.39 is 0 Å². The maximum atomic E-state index is 12.6. The van der Waals surface area contributed by atoms with Gasteiger partial charge in [0.15, 0.2) is 0 Å². The number of carbonyl (C=O) groups excluding carboxylic acids is 1. The summed E-state index contributed by atoms with van der Waals surface area (Å²) in [4.78, 5) is 14.3. The molecule has 19 heavy (non-hydrogen) atoms. The zero-order chi connectivity index (χ0) is 14.8. The molecule has 0 bridgehead atoms. The fourth-order valence-electron chi connectivity index (χ4n) is 1.74. The summed E-state index contributed by atoms with van der Waals surface area (Å²) >= 11 is 3.43. The first kappa shape index (κ1) is 16.0. The van der Waals surface area contributed by atoms with Crippen LogP contribution in [0.25, 0.3) is 0 Å². The molecular formula is C15H22BrNO2. The van der Waals surface area contributed by atoms with Gasteiger partial charge in [-0.15, -0.1) is 0 Å². The van der Waals surface area contributed by atoms with Crippen molar-refractivity contribution in [1.82, 2.24) is 4.90 Å². The molecule has 3 nitrogen and oxygen atoms in total. The minimum absolute atomic E-state index is 0.00630. The molecule has 106 valence electrons. The summed E-state index contributed by atoms with van der Waals surface area (Å²) in [6.07, 6.45) is 0. The van der Waals surface area contributed by atoms with Gasteiger partial charge in [-0.05, 0) is 46.5 Å². The van der Waals surface area contributed by atoms with Crippen molar-refractivity contribution in [3.8, 4) is 5.75 Å². The van der Waals surface area contributed by atoms with Gasteiger partial charge in [0.25, 0.3) is 5.91 Å². The van der Waals surface area contributed by atoms with E-state index in [0.29, 0.717) is 11.3 Å². The fourth-order valence-corrected chi connectivity index (χ4v) is 2.16. The Balaban J connectivity index is 3.06. The zero-order valence-corrected chi connectivity index (χ0v) is 14.0. The van der Waals surface area contributed by atoms with Crippen molar-refractivity contribution in [3.05, 3.63) is 28.2 Å². The van der Waals surface area contributed by atoms with Gasteiger partial charge in [-0.2, -0.15) is 0 Å². The molecule has 0 fully saturated rings. The van der Waals surface area contributed by atoms with E-state index in [2.05, 4.69) is 43.6 Å². The average molecular weight is 328 g/mol. The topological polar surface area (TPSA) is 29.5 Å². The van der Waals surface area contributed by atoms with E-state index in [4.69, 9.17) is 4.74 Å². The molecule has 0 N–H and O–H groups in total. The van der Waals surface area contributed by atoms with Crippen LogP contribution in [0.15, 0.2) is 22.7 Å². The van der Waals surface area contributed by atoms with E-state index in [1.54, 1.807) is 18.1 Å². The first-order valence-electron chi connectivity index (χ1n) is 6.29. The number of hydrogen-bond acceptors (Lipinski definition) is 2. The van der Waals surface area contributed by atoms with Crippen molar-refractivity contribution in [2.45, 2.75) is 33.7 Å². The van der Waals surface area contributed by atoms with Crippen LogP contribution in [0.4, 0.5) is 0 Å². The molecular weight excluding hydrogens is 306 g/mol. The number of methoxy groups -OCH3 is 1. The Hall–Kier alpha value is -1.03. The van der Waals surface area contributed by atoms with Crippen LogP contribution in [-0.2, 0) is 0 Å². The van der Waals surface area contributed by atoms with E-state index in [1.165, 1.54) is 0 Å². The van der Waals surface area contributed by atoms with Gasteiger partial charge >= 0.3 is 0 Å². The molecule has 1 aromatic carbocycles. The summed E-state index contributed by atoms with van der Waals surface area (Å²) < 4.78 is 5.96. The van der Waals surface area contributed by atoms with E-state index in [-0.39, 0.29) is 17.4 Å². The third-order valence-electron chi connectivity index (χ3n) is 3.56. The van der Waals surface area contributed by atoms with Crippen LogP contribution < -0.4 is 4.74 Å². The average Bonchev–Trinajstić information content (AvgIpc) is 2.35. The van der Waals surface area contributed by atoms with Gasteiger partial charge in [-0.3, -0.25) is 4.79 Å². The quantitative estimate of drug-likeness (QED) is 0.840. The van der Waals surface area contributed by atoms with Crippen LogP contribution in [0.3, 0.4) is 0 Å². The molecule has 4 heteroatoms. The van der Waals surface area contributed by atoms with Crippen molar-refractivity contribution in [1.29, 1.82) is 0 Å². The normalized spacial score (nSPS) is 13.0. The number of hydrogen-bond donors (Lipinski definition) is 0. The molecule has 1 atom stereocenters. The summed E-state index contributed by atoms with van der Waals surface area (Å²) in [6, 6.07) is 5.56. The van der Waals surface area contributed by atoms with E-state index in [1.807, 2.05) is 19.2 Å². The number of rotatable bonds is 3. The monoisotopic (exact) mass is 327 g/mol. The molecule has 0 radical (unpaired) electrons. The van der Waals surface area contributed by atoms with Crippen LogP contribution in [0.1, 0.15) is 38.1 Å². The first-order chi connectivity index (χ1) is 8.68. The maximum absolute atomic E-state index is 12.6. The van der Waals surface area contributed by atoms with E-state index >= 15 is 0 Å².